The summed E-state index contributed by atoms with van der Waals surface area (Å²) in [6, 6.07) is 12.3. The van der Waals surface area contributed by atoms with Crippen LogP contribution >= 0.6 is 11.6 Å². The lowest BCUT2D eigenvalue weighted by molar-refractivity contribution is 0.413. The van der Waals surface area contributed by atoms with E-state index in [9.17, 15) is 4.39 Å². The van der Waals surface area contributed by atoms with E-state index in [1.165, 1.54) is 12.1 Å². The Morgan fingerprint density at radius 1 is 1.20 bits per heavy atom. The van der Waals surface area contributed by atoms with E-state index in [2.05, 4.69) is 20.9 Å². The molecule has 1 aliphatic rings. The number of hydrogen-bond donors (Lipinski definition) is 3. The van der Waals surface area contributed by atoms with E-state index in [1.54, 1.807) is 24.2 Å². The Hall–Kier alpha value is -3.69. The number of nitrogens with zero attached hydrogens (tertiary/aromatic N) is 4. The predicted octanol–water partition coefficient (Wildman–Crippen LogP) is 4.87. The Balaban J connectivity index is 1.51. The summed E-state index contributed by atoms with van der Waals surface area (Å²) in [5, 5.41) is 10.5. The minimum atomic E-state index is -0.258. The molecule has 8 nitrogen and oxygen atoms in total. The Labute approximate surface area is 207 Å². The zero-order valence-corrected chi connectivity index (χ0v) is 20.1. The fourth-order valence-electron chi connectivity index (χ4n) is 4.27. The van der Waals surface area contributed by atoms with Gasteiger partial charge in [0.15, 0.2) is 0 Å². The molecule has 3 heterocycles. The van der Waals surface area contributed by atoms with Gasteiger partial charge in [-0.2, -0.15) is 4.98 Å². The van der Waals surface area contributed by atoms with Crippen LogP contribution in [0.5, 0.6) is 5.75 Å². The molecule has 35 heavy (non-hydrogen) atoms. The van der Waals surface area contributed by atoms with Crippen LogP contribution in [0, 0.1) is 5.82 Å². The SMILES string of the molecule is CCNc1nc(Nc2ccc(-n3cnc(Cl)c3)c(OC)c2)nc2c1CNCC2c1ccc(F)cc1. The zero-order chi connectivity index (χ0) is 24.4. The molecule has 1 aliphatic heterocycles. The van der Waals surface area contributed by atoms with Crippen molar-refractivity contribution in [2.75, 3.05) is 30.8 Å². The van der Waals surface area contributed by atoms with Crippen LogP contribution in [0.3, 0.4) is 0 Å². The van der Waals surface area contributed by atoms with Gasteiger partial charge in [-0.1, -0.05) is 23.7 Å². The summed E-state index contributed by atoms with van der Waals surface area (Å²) < 4.78 is 20.9. The van der Waals surface area contributed by atoms with Crippen molar-refractivity contribution in [2.24, 2.45) is 0 Å². The fraction of sp³-hybridized carbons (Fsp3) is 0.240. The smallest absolute Gasteiger partial charge is 0.229 e. The number of rotatable bonds is 7. The molecule has 5 rings (SSSR count). The first-order valence-corrected chi connectivity index (χ1v) is 11.7. The summed E-state index contributed by atoms with van der Waals surface area (Å²) in [5.74, 6) is 1.60. The van der Waals surface area contributed by atoms with Crippen molar-refractivity contribution in [3.05, 3.63) is 82.8 Å². The van der Waals surface area contributed by atoms with Crippen molar-refractivity contribution >= 4 is 29.1 Å². The third-order valence-corrected chi connectivity index (χ3v) is 6.10. The fourth-order valence-corrected chi connectivity index (χ4v) is 4.42. The van der Waals surface area contributed by atoms with Crippen LogP contribution < -0.4 is 20.7 Å². The highest BCUT2D eigenvalue weighted by Gasteiger charge is 2.27. The Morgan fingerprint density at radius 3 is 2.74 bits per heavy atom. The van der Waals surface area contributed by atoms with Crippen molar-refractivity contribution in [3.63, 3.8) is 0 Å². The average molecular weight is 494 g/mol. The van der Waals surface area contributed by atoms with Gasteiger partial charge in [0.25, 0.3) is 0 Å². The molecular formula is C25H25ClFN7O. The third kappa shape index (κ3) is 4.78. The number of nitrogens with one attached hydrogen (secondary N) is 3. The van der Waals surface area contributed by atoms with Gasteiger partial charge in [0.1, 0.15) is 28.9 Å². The second-order valence-corrected chi connectivity index (χ2v) is 8.53. The topological polar surface area (TPSA) is 88.9 Å². The number of halogens is 2. The number of anilines is 3. The molecule has 1 atom stereocenters. The molecule has 0 amide bonds. The molecule has 0 bridgehead atoms. The normalized spacial score (nSPS) is 14.9. The predicted molar refractivity (Wildman–Crippen MR) is 135 cm³/mol. The van der Waals surface area contributed by atoms with Gasteiger partial charge in [0, 0.05) is 49.1 Å². The second-order valence-electron chi connectivity index (χ2n) is 8.14. The lowest BCUT2D eigenvalue weighted by Gasteiger charge is -2.28. The zero-order valence-electron chi connectivity index (χ0n) is 19.3. The van der Waals surface area contributed by atoms with E-state index >= 15 is 0 Å². The maximum absolute atomic E-state index is 13.5. The van der Waals surface area contributed by atoms with E-state index in [4.69, 9.17) is 26.3 Å². The summed E-state index contributed by atoms with van der Waals surface area (Å²) in [7, 11) is 1.61. The van der Waals surface area contributed by atoms with Crippen LogP contribution in [0.2, 0.25) is 5.15 Å². The van der Waals surface area contributed by atoms with Crippen LogP contribution in [0.25, 0.3) is 5.69 Å². The van der Waals surface area contributed by atoms with Gasteiger partial charge in [-0.05, 0) is 36.8 Å². The highest BCUT2D eigenvalue weighted by Crippen LogP contribution is 2.34. The van der Waals surface area contributed by atoms with Gasteiger partial charge >= 0.3 is 0 Å². The Morgan fingerprint density at radius 2 is 2.03 bits per heavy atom. The monoisotopic (exact) mass is 493 g/mol. The van der Waals surface area contributed by atoms with E-state index in [-0.39, 0.29) is 11.7 Å². The second kappa shape index (κ2) is 9.89. The van der Waals surface area contributed by atoms with Gasteiger partial charge in [-0.25, -0.2) is 14.4 Å². The van der Waals surface area contributed by atoms with Gasteiger partial charge < -0.3 is 25.3 Å². The first-order chi connectivity index (χ1) is 17.1. The summed E-state index contributed by atoms with van der Waals surface area (Å²) >= 11 is 5.98. The van der Waals surface area contributed by atoms with Crippen molar-refractivity contribution in [3.8, 4) is 11.4 Å². The summed E-state index contributed by atoms with van der Waals surface area (Å²) in [6.45, 7) is 4.11. The first kappa shape index (κ1) is 23.1. The van der Waals surface area contributed by atoms with Crippen molar-refractivity contribution in [1.29, 1.82) is 0 Å². The Bertz CT molecular complexity index is 1340. The minimum absolute atomic E-state index is 0.0248. The summed E-state index contributed by atoms with van der Waals surface area (Å²) in [4.78, 5) is 13.7. The molecule has 0 radical (unpaired) electrons. The highest BCUT2D eigenvalue weighted by molar-refractivity contribution is 6.29. The van der Waals surface area contributed by atoms with E-state index in [0.717, 1.165) is 40.6 Å². The molecule has 0 fully saturated rings. The largest absolute Gasteiger partial charge is 0.494 e. The molecule has 3 N–H and O–H groups in total. The molecular weight excluding hydrogens is 469 g/mol. The number of hydrogen-bond acceptors (Lipinski definition) is 7. The van der Waals surface area contributed by atoms with Gasteiger partial charge in [-0.15, -0.1) is 0 Å². The maximum atomic E-state index is 13.5. The van der Waals surface area contributed by atoms with Gasteiger partial charge in [0.05, 0.1) is 18.5 Å². The molecule has 0 aliphatic carbocycles. The standard InChI is InChI=1S/C25H25ClFN7O/c1-3-29-24-19-12-28-11-18(15-4-6-16(27)7-5-15)23(19)32-25(33-24)31-17-8-9-20(21(10-17)35-2)34-13-22(26)30-14-34/h4-10,13-14,18,28H,3,11-12H2,1-2H3,(H2,29,31,32,33). The molecule has 4 aromatic rings. The van der Waals surface area contributed by atoms with Crippen LogP contribution in [0.4, 0.5) is 21.8 Å². The average Bonchev–Trinajstić information content (AvgIpc) is 3.30. The minimum Gasteiger partial charge on any atom is -0.494 e. The van der Waals surface area contributed by atoms with E-state index in [0.29, 0.717) is 29.9 Å². The number of imidazole rings is 1. The molecule has 0 spiro atoms. The lowest BCUT2D eigenvalue weighted by atomic mass is 9.89. The van der Waals surface area contributed by atoms with Crippen molar-refractivity contribution in [1.82, 2.24) is 24.8 Å². The molecule has 0 saturated heterocycles. The first-order valence-electron chi connectivity index (χ1n) is 11.3. The van der Waals surface area contributed by atoms with Gasteiger partial charge in [-0.3, -0.25) is 0 Å². The van der Waals surface area contributed by atoms with Crippen molar-refractivity contribution < 1.29 is 9.13 Å². The van der Waals surface area contributed by atoms with Crippen LogP contribution in [0.15, 0.2) is 55.0 Å². The molecule has 2 aromatic heterocycles. The van der Waals surface area contributed by atoms with Crippen LogP contribution in [-0.4, -0.2) is 39.7 Å². The highest BCUT2D eigenvalue weighted by atomic mass is 35.5. The lowest BCUT2D eigenvalue weighted by Crippen LogP contribution is -2.31. The third-order valence-electron chi connectivity index (χ3n) is 5.90. The van der Waals surface area contributed by atoms with Crippen molar-refractivity contribution in [2.45, 2.75) is 19.4 Å². The summed E-state index contributed by atoms with van der Waals surface area (Å²) in [5.41, 5.74) is 4.51. The van der Waals surface area contributed by atoms with E-state index in [1.807, 2.05) is 37.3 Å². The number of ether oxygens (including phenoxy) is 1. The molecule has 10 heteroatoms. The molecule has 180 valence electrons. The van der Waals surface area contributed by atoms with Crippen LogP contribution in [-0.2, 0) is 6.54 Å². The molecule has 1 unspecified atom stereocenters. The maximum Gasteiger partial charge on any atom is 0.229 e. The van der Waals surface area contributed by atoms with Gasteiger partial charge in [0.2, 0.25) is 5.95 Å². The molecule has 0 saturated carbocycles. The Kier molecular flexibility index (Phi) is 6.52. The summed E-state index contributed by atoms with van der Waals surface area (Å²) in [6.07, 6.45) is 3.34. The number of benzene rings is 2. The number of aromatic nitrogens is 4. The number of methoxy groups -OCH3 is 1. The quantitative estimate of drug-likeness (QED) is 0.338. The van der Waals surface area contributed by atoms with Crippen LogP contribution in [0.1, 0.15) is 29.7 Å². The number of fused-ring (bicyclic) bond motifs is 1. The molecule has 2 aromatic carbocycles. The van der Waals surface area contributed by atoms with E-state index < -0.39 is 0 Å².